The number of hydrogen-bond acceptors (Lipinski definition) is 7. The van der Waals surface area contributed by atoms with Gasteiger partial charge in [0.2, 0.25) is 0 Å². The van der Waals surface area contributed by atoms with Crippen LogP contribution < -0.4 is 10.9 Å². The van der Waals surface area contributed by atoms with Crippen molar-refractivity contribution in [3.8, 4) is 6.07 Å². The van der Waals surface area contributed by atoms with E-state index >= 15 is 0 Å². The first-order chi connectivity index (χ1) is 14.6. The fourth-order valence-electron chi connectivity index (χ4n) is 3.72. The molecule has 31 heavy (non-hydrogen) atoms. The van der Waals surface area contributed by atoms with Gasteiger partial charge in [-0.1, -0.05) is 0 Å². The van der Waals surface area contributed by atoms with Crippen molar-refractivity contribution >= 4 is 38.3 Å². The lowest BCUT2D eigenvalue weighted by molar-refractivity contribution is 0.0169. The molecule has 0 atom stereocenters. The number of carbonyl (C=O) groups is 1. The summed E-state index contributed by atoms with van der Waals surface area (Å²) in [5.74, 6) is 0.218. The number of nitrogens with one attached hydrogen (secondary N) is 2. The molecule has 11 nitrogen and oxygen atoms in total. The summed E-state index contributed by atoms with van der Waals surface area (Å²) in [7, 11) is -3.35. The number of carboxylic acid groups (broad SMARTS) is 1. The van der Waals surface area contributed by atoms with Crippen LogP contribution in [-0.4, -0.2) is 58.6 Å². The molecule has 1 aromatic carbocycles. The van der Waals surface area contributed by atoms with E-state index in [1.165, 1.54) is 27.9 Å². The molecule has 0 bridgehead atoms. The third-order valence-electron chi connectivity index (χ3n) is 5.25. The van der Waals surface area contributed by atoms with E-state index in [0.29, 0.717) is 11.2 Å². The molecule has 3 N–H and O–H groups in total. The number of anilines is 2. The highest BCUT2D eigenvalue weighted by Gasteiger charge is 2.49. The molecule has 2 aromatic heterocycles. The minimum absolute atomic E-state index is 0.0167. The first kappa shape index (κ1) is 20.4. The average Bonchev–Trinajstić information content (AvgIpc) is 3.04. The van der Waals surface area contributed by atoms with E-state index in [9.17, 15) is 28.4 Å². The van der Waals surface area contributed by atoms with E-state index in [1.54, 1.807) is 18.2 Å². The number of hydrogen-bond donors (Lipinski definition) is 3. The fraction of sp³-hybridized carbons (Fsp3) is 0.263. The molecule has 0 radical (unpaired) electrons. The van der Waals surface area contributed by atoms with Crippen LogP contribution in [0.25, 0.3) is 10.9 Å². The van der Waals surface area contributed by atoms with Gasteiger partial charge in [-0.25, -0.2) is 13.2 Å². The number of nitriles is 1. The Balaban J connectivity index is 1.78. The van der Waals surface area contributed by atoms with Gasteiger partial charge < -0.3 is 20.3 Å². The highest BCUT2D eigenvalue weighted by molar-refractivity contribution is 7.90. The largest absolute Gasteiger partial charge is 0.465 e. The van der Waals surface area contributed by atoms with Gasteiger partial charge in [0.05, 0.1) is 36.0 Å². The molecule has 0 spiro atoms. The third kappa shape index (κ3) is 3.49. The van der Waals surface area contributed by atoms with Gasteiger partial charge in [0.25, 0.3) is 5.56 Å². The Morgan fingerprint density at radius 3 is 2.58 bits per heavy atom. The highest BCUT2D eigenvalue weighted by Crippen LogP contribution is 2.36. The van der Waals surface area contributed by atoms with E-state index in [2.05, 4.69) is 21.5 Å². The molecule has 1 aliphatic heterocycles. The normalized spacial score (nSPS) is 15.3. The minimum atomic E-state index is -3.35. The van der Waals surface area contributed by atoms with Crippen LogP contribution in [0.4, 0.5) is 16.3 Å². The van der Waals surface area contributed by atoms with Crippen LogP contribution in [-0.2, 0) is 15.4 Å². The predicted octanol–water partition coefficient (Wildman–Crippen LogP) is 1.47. The maximum Gasteiger partial charge on any atom is 0.407 e. The Labute approximate surface area is 176 Å². The molecule has 1 amide bonds. The Morgan fingerprint density at radius 1 is 1.32 bits per heavy atom. The maximum atomic E-state index is 12.6. The SMILES string of the molecule is CS(=O)(=O)c1ccc(Nc2nn(C3(CC#N)CN(C(=O)O)C3)c3cc[nH]c(=O)c23)cc1. The van der Waals surface area contributed by atoms with Crippen LogP contribution in [0.3, 0.4) is 0 Å². The van der Waals surface area contributed by atoms with Crippen molar-refractivity contribution in [1.29, 1.82) is 5.26 Å². The van der Waals surface area contributed by atoms with Gasteiger partial charge in [-0.15, -0.1) is 0 Å². The number of pyridine rings is 1. The molecule has 0 aliphatic carbocycles. The lowest BCUT2D eigenvalue weighted by Gasteiger charge is -2.47. The molecular weight excluding hydrogens is 424 g/mol. The number of nitrogens with zero attached hydrogens (tertiary/aromatic N) is 4. The number of aromatic nitrogens is 3. The first-order valence-electron chi connectivity index (χ1n) is 9.17. The maximum absolute atomic E-state index is 12.6. The Kier molecular flexibility index (Phi) is 4.70. The Morgan fingerprint density at radius 2 is 2.00 bits per heavy atom. The molecule has 12 heteroatoms. The van der Waals surface area contributed by atoms with Crippen molar-refractivity contribution in [2.24, 2.45) is 0 Å². The van der Waals surface area contributed by atoms with Gasteiger partial charge in [0.15, 0.2) is 15.7 Å². The van der Waals surface area contributed by atoms with Gasteiger partial charge >= 0.3 is 6.09 Å². The zero-order chi connectivity index (χ0) is 22.4. The van der Waals surface area contributed by atoms with E-state index in [1.807, 2.05) is 0 Å². The van der Waals surface area contributed by atoms with Gasteiger partial charge in [-0.05, 0) is 30.3 Å². The summed E-state index contributed by atoms with van der Waals surface area (Å²) in [6.45, 7) is 0.143. The molecule has 0 saturated carbocycles. The number of likely N-dealkylation sites (tertiary alicyclic amines) is 1. The number of benzene rings is 1. The second-order valence-corrected chi connectivity index (χ2v) is 9.46. The van der Waals surface area contributed by atoms with Crippen LogP contribution >= 0.6 is 0 Å². The number of rotatable bonds is 5. The van der Waals surface area contributed by atoms with Gasteiger partial charge in [-0.3, -0.25) is 9.48 Å². The van der Waals surface area contributed by atoms with Crippen molar-refractivity contribution in [2.75, 3.05) is 24.7 Å². The Bertz CT molecular complexity index is 1380. The molecule has 3 aromatic rings. The van der Waals surface area contributed by atoms with Crippen LogP contribution in [0.2, 0.25) is 0 Å². The fourth-order valence-corrected chi connectivity index (χ4v) is 4.35. The van der Waals surface area contributed by atoms with Gasteiger partial charge in [0, 0.05) is 18.1 Å². The summed E-state index contributed by atoms with van der Waals surface area (Å²) in [5, 5.41) is 26.3. The smallest absolute Gasteiger partial charge is 0.407 e. The summed E-state index contributed by atoms with van der Waals surface area (Å²) in [4.78, 5) is 27.7. The van der Waals surface area contributed by atoms with E-state index in [-0.39, 0.29) is 35.6 Å². The number of sulfone groups is 1. The number of amides is 1. The molecule has 0 unspecified atom stereocenters. The van der Waals surface area contributed by atoms with E-state index in [4.69, 9.17) is 0 Å². The summed E-state index contributed by atoms with van der Waals surface area (Å²) in [6.07, 6.45) is 1.49. The van der Waals surface area contributed by atoms with Crippen LogP contribution in [0, 0.1) is 11.3 Å². The highest BCUT2D eigenvalue weighted by atomic mass is 32.2. The van der Waals surface area contributed by atoms with Crippen molar-refractivity contribution in [2.45, 2.75) is 16.9 Å². The lowest BCUT2D eigenvalue weighted by atomic mass is 9.87. The molecule has 1 fully saturated rings. The zero-order valence-electron chi connectivity index (χ0n) is 16.4. The van der Waals surface area contributed by atoms with Crippen LogP contribution in [0.15, 0.2) is 46.2 Å². The van der Waals surface area contributed by atoms with E-state index < -0.39 is 27.0 Å². The van der Waals surface area contributed by atoms with Crippen LogP contribution in [0.5, 0.6) is 0 Å². The number of fused-ring (bicyclic) bond motifs is 1. The molecule has 1 aliphatic rings. The van der Waals surface area contributed by atoms with Crippen LogP contribution in [0.1, 0.15) is 6.42 Å². The second-order valence-electron chi connectivity index (χ2n) is 7.45. The number of aromatic amines is 1. The molecule has 1 saturated heterocycles. The summed E-state index contributed by atoms with van der Waals surface area (Å²) >= 11 is 0. The van der Waals surface area contributed by atoms with E-state index in [0.717, 1.165) is 6.26 Å². The van der Waals surface area contributed by atoms with Gasteiger partial charge in [-0.2, -0.15) is 10.4 Å². The summed E-state index contributed by atoms with van der Waals surface area (Å²) in [5.41, 5.74) is -0.323. The monoisotopic (exact) mass is 442 g/mol. The molecule has 4 rings (SSSR count). The molecule has 3 heterocycles. The number of H-pyrrole nitrogens is 1. The molecule has 160 valence electrons. The average molecular weight is 442 g/mol. The zero-order valence-corrected chi connectivity index (χ0v) is 17.2. The Hall–Kier alpha value is -3.85. The van der Waals surface area contributed by atoms with Gasteiger partial charge in [0.1, 0.15) is 10.9 Å². The predicted molar refractivity (Wildman–Crippen MR) is 111 cm³/mol. The topological polar surface area (TPSA) is 161 Å². The standard InChI is InChI=1S/C19H18N6O5S/c1-31(29,30)13-4-2-12(3-5-13)22-16-15-14(6-9-21-17(15)26)25(23-16)19(7-8-20)10-24(11-19)18(27)28/h2-6,9H,7,10-11H2,1H3,(H,21,26)(H,22,23)(H,27,28). The summed E-state index contributed by atoms with van der Waals surface area (Å²) in [6, 6.07) is 9.71. The van der Waals surface area contributed by atoms with Crippen molar-refractivity contribution in [3.63, 3.8) is 0 Å². The molecular formula is C19H18N6O5S. The van der Waals surface area contributed by atoms with Crippen molar-refractivity contribution in [3.05, 3.63) is 46.9 Å². The van der Waals surface area contributed by atoms with Crippen molar-refractivity contribution < 1.29 is 18.3 Å². The lowest BCUT2D eigenvalue weighted by Crippen LogP contribution is -2.64. The minimum Gasteiger partial charge on any atom is -0.465 e. The summed E-state index contributed by atoms with van der Waals surface area (Å²) < 4.78 is 24.9. The third-order valence-corrected chi connectivity index (χ3v) is 6.38. The second kappa shape index (κ2) is 7.13. The van der Waals surface area contributed by atoms with Crippen molar-refractivity contribution in [1.82, 2.24) is 19.7 Å². The quantitative estimate of drug-likeness (QED) is 0.535. The first-order valence-corrected chi connectivity index (χ1v) is 11.1.